The average Bonchev–Trinajstić information content (AvgIpc) is 2.14. The smallest absolute Gasteiger partial charge is 0.303 e. The van der Waals surface area contributed by atoms with Crippen molar-refractivity contribution in [3.05, 3.63) is 0 Å². The van der Waals surface area contributed by atoms with E-state index in [4.69, 9.17) is 5.11 Å². The van der Waals surface area contributed by atoms with Gasteiger partial charge in [-0.2, -0.15) is 0 Å². The van der Waals surface area contributed by atoms with Gasteiger partial charge in [-0.25, -0.2) is 8.42 Å². The zero-order chi connectivity index (χ0) is 11.5. The first-order valence-electron chi connectivity index (χ1n) is 5.07. The molecule has 0 amide bonds. The number of carbonyl (C=O) groups is 1. The van der Waals surface area contributed by atoms with Crippen molar-refractivity contribution in [2.45, 2.75) is 25.8 Å². The molecule has 0 aromatic rings. The molecule has 1 fully saturated rings. The van der Waals surface area contributed by atoms with Gasteiger partial charge in [-0.1, -0.05) is 0 Å². The summed E-state index contributed by atoms with van der Waals surface area (Å²) in [7, 11) is -2.84. The second-order valence-electron chi connectivity index (χ2n) is 3.97. The molecule has 1 saturated heterocycles. The van der Waals surface area contributed by atoms with E-state index in [1.807, 2.05) is 11.8 Å². The minimum absolute atomic E-state index is 0.143. The van der Waals surface area contributed by atoms with Gasteiger partial charge < -0.3 is 5.11 Å². The molecule has 1 N–H and O–H groups in total. The van der Waals surface area contributed by atoms with Crippen LogP contribution in [0, 0.1) is 0 Å². The van der Waals surface area contributed by atoms with Crippen molar-refractivity contribution >= 4 is 15.8 Å². The number of rotatable bonds is 4. The van der Waals surface area contributed by atoms with E-state index in [0.29, 0.717) is 19.5 Å². The predicted molar refractivity (Wildman–Crippen MR) is 56.6 cm³/mol. The maximum absolute atomic E-state index is 11.2. The first-order chi connectivity index (χ1) is 6.91. The van der Waals surface area contributed by atoms with E-state index in [0.717, 1.165) is 0 Å². The molecular weight excluding hydrogens is 218 g/mol. The van der Waals surface area contributed by atoms with Gasteiger partial charge in [-0.15, -0.1) is 0 Å². The molecule has 0 aromatic carbocycles. The second-order valence-corrected chi connectivity index (χ2v) is 6.27. The van der Waals surface area contributed by atoms with Crippen molar-refractivity contribution in [3.8, 4) is 0 Å². The van der Waals surface area contributed by atoms with Crippen LogP contribution in [-0.4, -0.2) is 55.0 Å². The van der Waals surface area contributed by atoms with Gasteiger partial charge in [0.05, 0.1) is 11.5 Å². The molecule has 0 aliphatic carbocycles. The molecule has 88 valence electrons. The number of hydrogen-bond acceptors (Lipinski definition) is 4. The molecular formula is C9H17NO4S. The Morgan fingerprint density at radius 2 is 1.93 bits per heavy atom. The van der Waals surface area contributed by atoms with E-state index in [9.17, 15) is 13.2 Å². The number of aliphatic carboxylic acids is 1. The van der Waals surface area contributed by atoms with Gasteiger partial charge in [-0.3, -0.25) is 9.69 Å². The zero-order valence-corrected chi connectivity index (χ0v) is 9.66. The molecule has 0 radical (unpaired) electrons. The second kappa shape index (κ2) is 4.94. The lowest BCUT2D eigenvalue weighted by Crippen LogP contribution is -2.45. The summed E-state index contributed by atoms with van der Waals surface area (Å²) >= 11 is 0. The van der Waals surface area contributed by atoms with Crippen LogP contribution in [0.4, 0.5) is 0 Å². The van der Waals surface area contributed by atoms with Crippen LogP contribution in [0.2, 0.25) is 0 Å². The summed E-state index contributed by atoms with van der Waals surface area (Å²) in [5, 5.41) is 8.53. The van der Waals surface area contributed by atoms with Gasteiger partial charge in [0.2, 0.25) is 0 Å². The van der Waals surface area contributed by atoms with Gasteiger partial charge in [0.15, 0.2) is 9.84 Å². The highest BCUT2D eigenvalue weighted by Crippen LogP contribution is 2.11. The van der Waals surface area contributed by atoms with E-state index in [2.05, 4.69) is 0 Å². The molecule has 1 aliphatic rings. The lowest BCUT2D eigenvalue weighted by molar-refractivity contribution is -0.137. The third-order valence-corrected chi connectivity index (χ3v) is 4.39. The Kier molecular flexibility index (Phi) is 4.10. The van der Waals surface area contributed by atoms with Crippen LogP contribution < -0.4 is 0 Å². The van der Waals surface area contributed by atoms with Crippen LogP contribution >= 0.6 is 0 Å². The molecule has 1 heterocycles. The third-order valence-electron chi connectivity index (χ3n) is 2.78. The first kappa shape index (κ1) is 12.4. The highest BCUT2D eigenvalue weighted by atomic mass is 32.2. The standard InChI is InChI=1S/C9H17NO4S/c1-8(2-3-9(11)12)10-4-6-15(13,14)7-5-10/h8H,2-7H2,1H3,(H,11,12). The van der Waals surface area contributed by atoms with Crippen molar-refractivity contribution in [1.82, 2.24) is 4.90 Å². The number of carboxylic acids is 1. The average molecular weight is 235 g/mol. The number of sulfone groups is 1. The van der Waals surface area contributed by atoms with Crippen molar-refractivity contribution in [2.75, 3.05) is 24.6 Å². The van der Waals surface area contributed by atoms with E-state index in [1.54, 1.807) is 0 Å². The number of carboxylic acid groups (broad SMARTS) is 1. The topological polar surface area (TPSA) is 74.7 Å². The summed E-state index contributed by atoms with van der Waals surface area (Å²) in [6, 6.07) is 0.150. The summed E-state index contributed by atoms with van der Waals surface area (Å²) in [5.41, 5.74) is 0. The Hall–Kier alpha value is -0.620. The predicted octanol–water partition coefficient (Wildman–Crippen LogP) is -0.0299. The largest absolute Gasteiger partial charge is 0.481 e. The van der Waals surface area contributed by atoms with Crippen LogP contribution in [0.15, 0.2) is 0 Å². The van der Waals surface area contributed by atoms with Crippen molar-refractivity contribution in [3.63, 3.8) is 0 Å². The molecule has 1 unspecified atom stereocenters. The Balaban J connectivity index is 2.36. The lowest BCUT2D eigenvalue weighted by Gasteiger charge is -2.31. The van der Waals surface area contributed by atoms with E-state index in [-0.39, 0.29) is 24.0 Å². The maximum Gasteiger partial charge on any atom is 0.303 e. The number of hydrogen-bond donors (Lipinski definition) is 1. The summed E-state index contributed by atoms with van der Waals surface area (Å²) in [6.45, 7) is 3.01. The third kappa shape index (κ3) is 4.17. The first-order valence-corrected chi connectivity index (χ1v) is 6.89. The molecule has 6 heteroatoms. The maximum atomic E-state index is 11.2. The SMILES string of the molecule is CC(CCC(=O)O)N1CCS(=O)(=O)CC1. The lowest BCUT2D eigenvalue weighted by atomic mass is 10.1. The van der Waals surface area contributed by atoms with Gasteiger partial charge >= 0.3 is 5.97 Å². The summed E-state index contributed by atoms with van der Waals surface area (Å²) in [6.07, 6.45) is 0.722. The Morgan fingerprint density at radius 3 is 2.40 bits per heavy atom. The van der Waals surface area contributed by atoms with Crippen molar-refractivity contribution in [2.24, 2.45) is 0 Å². The quantitative estimate of drug-likeness (QED) is 0.740. The molecule has 5 nitrogen and oxygen atoms in total. The van der Waals surface area contributed by atoms with Crippen LogP contribution in [0.25, 0.3) is 0 Å². The summed E-state index contributed by atoms with van der Waals surface area (Å²) in [5.74, 6) is -0.402. The molecule has 0 aromatic heterocycles. The fraction of sp³-hybridized carbons (Fsp3) is 0.889. The normalized spacial score (nSPS) is 23.5. The Bertz CT molecular complexity index is 311. The van der Waals surface area contributed by atoms with Gasteiger partial charge in [0.25, 0.3) is 0 Å². The Morgan fingerprint density at radius 1 is 1.40 bits per heavy atom. The molecule has 0 bridgehead atoms. The molecule has 0 saturated carbocycles. The Labute approximate surface area is 90.0 Å². The van der Waals surface area contributed by atoms with Gasteiger partial charge in [0.1, 0.15) is 0 Å². The van der Waals surface area contributed by atoms with Crippen LogP contribution in [0.5, 0.6) is 0 Å². The van der Waals surface area contributed by atoms with E-state index in [1.165, 1.54) is 0 Å². The van der Waals surface area contributed by atoms with Crippen LogP contribution in [-0.2, 0) is 14.6 Å². The molecule has 1 aliphatic heterocycles. The van der Waals surface area contributed by atoms with Gasteiger partial charge in [0, 0.05) is 25.6 Å². The summed E-state index contributed by atoms with van der Waals surface area (Å²) < 4.78 is 22.3. The van der Waals surface area contributed by atoms with E-state index < -0.39 is 15.8 Å². The molecule has 0 spiro atoms. The highest BCUT2D eigenvalue weighted by Gasteiger charge is 2.24. The summed E-state index contributed by atoms with van der Waals surface area (Å²) in [4.78, 5) is 12.4. The van der Waals surface area contributed by atoms with E-state index >= 15 is 0 Å². The highest BCUT2D eigenvalue weighted by molar-refractivity contribution is 7.91. The van der Waals surface area contributed by atoms with Gasteiger partial charge in [-0.05, 0) is 13.3 Å². The minimum Gasteiger partial charge on any atom is -0.481 e. The van der Waals surface area contributed by atoms with Crippen molar-refractivity contribution in [1.29, 1.82) is 0 Å². The molecule has 15 heavy (non-hydrogen) atoms. The molecule has 1 rings (SSSR count). The monoisotopic (exact) mass is 235 g/mol. The minimum atomic E-state index is -2.84. The van der Waals surface area contributed by atoms with Crippen LogP contribution in [0.1, 0.15) is 19.8 Å². The fourth-order valence-corrected chi connectivity index (χ4v) is 2.91. The fourth-order valence-electron chi connectivity index (χ4n) is 1.68. The molecule has 1 atom stereocenters. The number of nitrogens with zero attached hydrogens (tertiary/aromatic N) is 1. The van der Waals surface area contributed by atoms with Crippen molar-refractivity contribution < 1.29 is 18.3 Å². The van der Waals surface area contributed by atoms with Crippen LogP contribution in [0.3, 0.4) is 0 Å². The zero-order valence-electron chi connectivity index (χ0n) is 8.85.